The number of anilines is 1. The van der Waals surface area contributed by atoms with Crippen LogP contribution in [0, 0.1) is 6.92 Å². The van der Waals surface area contributed by atoms with E-state index < -0.39 is 37.7 Å². The highest BCUT2D eigenvalue weighted by Crippen LogP contribution is 2.34. The van der Waals surface area contributed by atoms with Crippen LogP contribution in [0.3, 0.4) is 0 Å². The second-order valence-electron chi connectivity index (χ2n) is 10.3. The van der Waals surface area contributed by atoms with E-state index >= 15 is 0 Å². The molecule has 0 atom stereocenters. The summed E-state index contributed by atoms with van der Waals surface area (Å²) in [5.41, 5.74) is 4.33. The fourth-order valence-electron chi connectivity index (χ4n) is 5.33. The van der Waals surface area contributed by atoms with E-state index in [0.29, 0.717) is 13.0 Å². The number of rotatable bonds is 15. The van der Waals surface area contributed by atoms with Crippen molar-refractivity contribution in [1.29, 1.82) is 0 Å². The SMILES string of the molecule is Cc1oc2cc3c(cc2[n+]1CCCCCC(=O)O)c1cc(N(CCCS(=O)(=O)O)CCCS(=O)(=O)O)ccc1n3C. The zero-order chi connectivity index (χ0) is 29.9. The third-order valence-electron chi connectivity index (χ3n) is 7.30. The molecule has 41 heavy (non-hydrogen) atoms. The Kier molecular flexibility index (Phi) is 9.26. The molecule has 0 radical (unpaired) electrons. The van der Waals surface area contributed by atoms with E-state index in [1.807, 2.05) is 43.1 Å². The molecule has 0 aliphatic rings. The predicted molar refractivity (Wildman–Crippen MR) is 156 cm³/mol. The van der Waals surface area contributed by atoms with Crippen molar-refractivity contribution >= 4 is 64.8 Å². The van der Waals surface area contributed by atoms with Gasteiger partial charge in [0.15, 0.2) is 6.54 Å². The molecule has 0 saturated carbocycles. The van der Waals surface area contributed by atoms with E-state index in [-0.39, 0.29) is 32.4 Å². The van der Waals surface area contributed by atoms with Crippen LogP contribution in [0.15, 0.2) is 34.7 Å². The maximum atomic E-state index is 11.3. The zero-order valence-corrected chi connectivity index (χ0v) is 24.7. The van der Waals surface area contributed by atoms with Gasteiger partial charge in [0.05, 0.1) is 23.9 Å². The Morgan fingerprint density at radius 3 is 2.15 bits per heavy atom. The Labute approximate surface area is 238 Å². The van der Waals surface area contributed by atoms with Gasteiger partial charge in [0.25, 0.3) is 25.8 Å². The van der Waals surface area contributed by atoms with Gasteiger partial charge in [-0.3, -0.25) is 13.9 Å². The minimum atomic E-state index is -4.15. The van der Waals surface area contributed by atoms with Crippen LogP contribution in [-0.4, -0.2) is 66.2 Å². The number of oxazole rings is 1. The number of nitrogens with zero attached hydrogens (tertiary/aromatic N) is 3. The van der Waals surface area contributed by atoms with Gasteiger partial charge in [0.1, 0.15) is 0 Å². The minimum Gasteiger partial charge on any atom is -0.481 e. The molecular formula is C27H36N3O9S2+. The van der Waals surface area contributed by atoms with E-state index in [4.69, 9.17) is 18.6 Å². The Hall–Kier alpha value is -3.20. The molecule has 0 amide bonds. The summed E-state index contributed by atoms with van der Waals surface area (Å²) in [4.78, 5) is 12.7. The van der Waals surface area contributed by atoms with Gasteiger partial charge >= 0.3 is 11.9 Å². The number of unbranched alkanes of at least 4 members (excludes halogenated alkanes) is 2. The molecule has 12 nitrogen and oxygen atoms in total. The molecule has 0 saturated heterocycles. The fraction of sp³-hybridized carbons (Fsp3) is 0.481. The highest BCUT2D eigenvalue weighted by Gasteiger charge is 2.22. The minimum absolute atomic E-state index is 0.139. The average Bonchev–Trinajstić information content (AvgIpc) is 3.32. The van der Waals surface area contributed by atoms with Gasteiger partial charge < -0.3 is 19.0 Å². The van der Waals surface area contributed by atoms with Crippen LogP contribution in [0.25, 0.3) is 32.9 Å². The van der Waals surface area contributed by atoms with Crippen LogP contribution >= 0.6 is 0 Å². The molecule has 4 aromatic rings. The number of aliphatic carboxylic acids is 1. The van der Waals surface area contributed by atoms with Crippen molar-refractivity contribution in [3.05, 3.63) is 36.2 Å². The highest BCUT2D eigenvalue weighted by molar-refractivity contribution is 7.86. The van der Waals surface area contributed by atoms with Crippen molar-refractivity contribution < 1.29 is 44.8 Å². The van der Waals surface area contributed by atoms with E-state index in [9.17, 15) is 21.6 Å². The lowest BCUT2D eigenvalue weighted by atomic mass is 10.1. The van der Waals surface area contributed by atoms with Gasteiger partial charge in [-0.25, -0.2) is 0 Å². The number of hydrogen-bond donors (Lipinski definition) is 3. The third-order valence-corrected chi connectivity index (χ3v) is 8.91. The Morgan fingerprint density at radius 1 is 0.902 bits per heavy atom. The second kappa shape index (κ2) is 12.3. The first-order valence-electron chi connectivity index (χ1n) is 13.5. The van der Waals surface area contributed by atoms with Crippen molar-refractivity contribution in [1.82, 2.24) is 4.57 Å². The summed E-state index contributed by atoms with van der Waals surface area (Å²) in [6.07, 6.45) is 2.65. The van der Waals surface area contributed by atoms with Crippen LogP contribution in [0.1, 0.15) is 44.4 Å². The van der Waals surface area contributed by atoms with Gasteiger partial charge in [-0.2, -0.15) is 21.4 Å². The molecule has 0 fully saturated rings. The first-order valence-corrected chi connectivity index (χ1v) is 16.7. The molecule has 0 spiro atoms. The van der Waals surface area contributed by atoms with Gasteiger partial charge in [-0.1, -0.05) is 0 Å². The van der Waals surface area contributed by atoms with Crippen LogP contribution < -0.4 is 9.47 Å². The molecule has 0 aliphatic heterocycles. The summed E-state index contributed by atoms with van der Waals surface area (Å²) in [7, 11) is -6.34. The smallest absolute Gasteiger partial charge is 0.344 e. The monoisotopic (exact) mass is 610 g/mol. The van der Waals surface area contributed by atoms with Crippen LogP contribution in [0.2, 0.25) is 0 Å². The Morgan fingerprint density at radius 2 is 1.54 bits per heavy atom. The molecular weight excluding hydrogens is 574 g/mol. The molecule has 14 heteroatoms. The Bertz CT molecular complexity index is 1750. The van der Waals surface area contributed by atoms with E-state index in [1.54, 1.807) is 0 Å². The number of carboxylic acid groups (broad SMARTS) is 1. The van der Waals surface area contributed by atoms with Crippen molar-refractivity contribution in [3.63, 3.8) is 0 Å². The van der Waals surface area contributed by atoms with Crippen molar-refractivity contribution in [2.24, 2.45) is 7.05 Å². The number of hydrogen-bond acceptors (Lipinski definition) is 7. The topological polar surface area (TPSA) is 171 Å². The largest absolute Gasteiger partial charge is 0.481 e. The summed E-state index contributed by atoms with van der Waals surface area (Å²) in [6, 6.07) is 9.88. The van der Waals surface area contributed by atoms with E-state index in [1.165, 1.54) is 0 Å². The predicted octanol–water partition coefficient (Wildman–Crippen LogP) is 3.68. The summed E-state index contributed by atoms with van der Waals surface area (Å²) in [5, 5.41) is 10.8. The average molecular weight is 611 g/mol. The maximum Gasteiger partial charge on any atom is 0.344 e. The molecule has 2 heterocycles. The van der Waals surface area contributed by atoms with E-state index in [0.717, 1.165) is 57.3 Å². The molecule has 0 bridgehead atoms. The summed E-state index contributed by atoms with van der Waals surface area (Å²) in [6.45, 7) is 3.10. The molecule has 0 aliphatic carbocycles. The van der Waals surface area contributed by atoms with Gasteiger partial charge in [0.2, 0.25) is 5.58 Å². The highest BCUT2D eigenvalue weighted by atomic mass is 32.2. The first kappa shape index (κ1) is 30.8. The maximum absolute atomic E-state index is 11.3. The number of benzene rings is 2. The quantitative estimate of drug-likeness (QED) is 0.102. The third kappa shape index (κ3) is 7.76. The number of aryl methyl sites for hydroxylation is 3. The Balaban J connectivity index is 1.69. The lowest BCUT2D eigenvalue weighted by Gasteiger charge is -2.25. The van der Waals surface area contributed by atoms with Crippen molar-refractivity contribution in [2.75, 3.05) is 29.5 Å². The summed E-state index contributed by atoms with van der Waals surface area (Å²) >= 11 is 0. The lowest BCUT2D eigenvalue weighted by molar-refractivity contribution is -0.683. The second-order valence-corrected chi connectivity index (χ2v) is 13.5. The van der Waals surface area contributed by atoms with Gasteiger partial charge in [-0.15, -0.1) is 0 Å². The van der Waals surface area contributed by atoms with Gasteiger partial charge in [-0.05, 0) is 43.9 Å². The van der Waals surface area contributed by atoms with Crippen molar-refractivity contribution in [2.45, 2.75) is 52.0 Å². The molecule has 224 valence electrons. The number of fused-ring (bicyclic) bond motifs is 4. The lowest BCUT2D eigenvalue weighted by Crippen LogP contribution is -2.35. The number of aromatic nitrogens is 2. The molecule has 0 unspecified atom stereocenters. The normalized spacial score (nSPS) is 12.6. The standard InChI is InChI=1S/C27H35N3O9S2/c1-19-30(13-5-3-4-8-27(31)32)25-17-22-21-16-20(9-10-23(21)28(2)24(22)18-26(25)39-19)29(11-6-14-40(33,34)35)12-7-15-41(36,37)38/h9-10,16-18H,3-8,11-15H2,1-2H3,(H2-,31,32,33,34,35,36,37,38)/p+1. The van der Waals surface area contributed by atoms with E-state index in [2.05, 4.69) is 15.2 Å². The molecule has 2 aromatic carbocycles. The van der Waals surface area contributed by atoms with Crippen LogP contribution in [0.5, 0.6) is 0 Å². The zero-order valence-electron chi connectivity index (χ0n) is 23.1. The first-order chi connectivity index (χ1) is 19.2. The summed E-state index contributed by atoms with van der Waals surface area (Å²) < 4.78 is 73.6. The van der Waals surface area contributed by atoms with Crippen LogP contribution in [0.4, 0.5) is 5.69 Å². The number of carbonyl (C=O) groups is 1. The van der Waals surface area contributed by atoms with Gasteiger partial charge in [0, 0.05) is 67.1 Å². The van der Waals surface area contributed by atoms with Crippen LogP contribution in [-0.2, 0) is 38.6 Å². The fourth-order valence-corrected chi connectivity index (χ4v) is 6.32. The van der Waals surface area contributed by atoms with Crippen molar-refractivity contribution in [3.8, 4) is 0 Å². The molecule has 4 rings (SSSR count). The summed E-state index contributed by atoms with van der Waals surface area (Å²) in [5.74, 6) is -0.892. The number of carboxylic acids is 1. The molecule has 2 aromatic heterocycles. The molecule has 3 N–H and O–H groups in total.